The van der Waals surface area contributed by atoms with Crippen LogP contribution in [0.2, 0.25) is 0 Å². The van der Waals surface area contributed by atoms with Gasteiger partial charge in [-0.3, -0.25) is 0 Å². The fourth-order valence-electron chi connectivity index (χ4n) is 1.36. The largest absolute Gasteiger partial charge is 0.459 e. The summed E-state index contributed by atoms with van der Waals surface area (Å²) < 4.78 is 43.8. The molecule has 0 amide bonds. The average Bonchev–Trinajstić information content (AvgIpc) is 2.21. The van der Waals surface area contributed by atoms with Crippen molar-refractivity contribution in [1.29, 1.82) is 0 Å². The molecule has 0 aromatic heterocycles. The molecule has 0 heterocycles. The predicted octanol–water partition coefficient (Wildman–Crippen LogP) is 3.28. The number of fused-ring (bicyclic) bond motifs is 1. The summed E-state index contributed by atoms with van der Waals surface area (Å²) in [6, 6.07) is 9.26. The van der Waals surface area contributed by atoms with Crippen molar-refractivity contribution >= 4 is 10.8 Å². The molecule has 0 N–H and O–H groups in total. The van der Waals surface area contributed by atoms with Crippen molar-refractivity contribution < 1.29 is 16.3 Å². The molecular weight excluding hydrogens is 186 g/mol. The minimum Gasteiger partial charge on any atom is -0.459 e. The lowest BCUT2D eigenvalue weighted by molar-refractivity contribution is 0.187. The highest BCUT2D eigenvalue weighted by atomic mass is 19.1. The third kappa shape index (κ3) is 1.41. The summed E-state index contributed by atoms with van der Waals surface area (Å²) in [7, 11) is 0. The second-order valence-electron chi connectivity index (χ2n) is 2.78. The van der Waals surface area contributed by atoms with Crippen LogP contribution in [0.15, 0.2) is 36.4 Å². The molecule has 2 rings (SSSR count). The second-order valence-corrected chi connectivity index (χ2v) is 2.78. The van der Waals surface area contributed by atoms with Crippen LogP contribution >= 0.6 is 0 Å². The van der Waals surface area contributed by atoms with Crippen molar-refractivity contribution in [3.8, 4) is 5.75 Å². The van der Waals surface area contributed by atoms with Gasteiger partial charge in [0, 0.05) is 5.39 Å². The summed E-state index contributed by atoms with van der Waals surface area (Å²) >= 11 is 0. The molecule has 2 aromatic carbocycles. The minimum absolute atomic E-state index is 0.337. The van der Waals surface area contributed by atoms with Gasteiger partial charge in [-0.15, -0.1) is 0 Å². The molecule has 0 aliphatic rings. The summed E-state index contributed by atoms with van der Waals surface area (Å²) in [5.41, 5.74) is 0. The van der Waals surface area contributed by atoms with Crippen LogP contribution in [0.3, 0.4) is 0 Å². The van der Waals surface area contributed by atoms with Crippen molar-refractivity contribution in [3.05, 3.63) is 42.2 Å². The van der Waals surface area contributed by atoms with E-state index in [0.29, 0.717) is 10.8 Å². The summed E-state index contributed by atoms with van der Waals surface area (Å²) in [5, 5.41) is 0.993. The standard InChI is InChI=1S/C11H8F2O/c12-7-14-11-9-4-2-1-3-8(9)5-6-10(11)13/h1-6H,7H2/i7D2. The first-order valence-electron chi connectivity index (χ1n) is 5.02. The van der Waals surface area contributed by atoms with Crippen LogP contribution in [-0.2, 0) is 0 Å². The van der Waals surface area contributed by atoms with Crippen LogP contribution in [0.4, 0.5) is 8.78 Å². The molecule has 72 valence electrons. The van der Waals surface area contributed by atoms with Crippen LogP contribution in [-0.4, -0.2) is 6.81 Å². The maximum atomic E-state index is 13.4. The molecule has 3 heteroatoms. The SMILES string of the molecule is [2H]C([2H])(F)Oc1c(F)ccc2ccccc12. The highest BCUT2D eigenvalue weighted by Crippen LogP contribution is 2.28. The molecule has 0 unspecified atom stereocenters. The van der Waals surface area contributed by atoms with Gasteiger partial charge >= 0.3 is 0 Å². The van der Waals surface area contributed by atoms with E-state index in [-0.39, 0.29) is 0 Å². The normalized spacial score (nSPS) is 13.6. The summed E-state index contributed by atoms with van der Waals surface area (Å²) in [6.45, 7) is -3.40. The van der Waals surface area contributed by atoms with Gasteiger partial charge in [-0.25, -0.2) is 8.78 Å². The Morgan fingerprint density at radius 3 is 2.79 bits per heavy atom. The zero-order valence-corrected chi connectivity index (χ0v) is 7.13. The zero-order valence-electron chi connectivity index (χ0n) is 9.13. The smallest absolute Gasteiger partial charge is 0.228 e. The first kappa shape index (κ1) is 6.76. The van der Waals surface area contributed by atoms with E-state index in [1.807, 2.05) is 0 Å². The van der Waals surface area contributed by atoms with Gasteiger partial charge in [-0.2, -0.15) is 0 Å². The number of halogens is 2. The van der Waals surface area contributed by atoms with Crippen LogP contribution in [0.5, 0.6) is 5.75 Å². The molecule has 0 saturated heterocycles. The van der Waals surface area contributed by atoms with E-state index in [1.165, 1.54) is 6.07 Å². The van der Waals surface area contributed by atoms with Crippen LogP contribution in [0.25, 0.3) is 10.8 Å². The Bertz CT molecular complexity index is 523. The molecule has 0 aliphatic heterocycles. The van der Waals surface area contributed by atoms with Gasteiger partial charge in [0.2, 0.25) is 6.81 Å². The molecule has 0 aliphatic carbocycles. The van der Waals surface area contributed by atoms with Gasteiger partial charge in [0.25, 0.3) is 0 Å². The quantitative estimate of drug-likeness (QED) is 0.716. The molecule has 1 nitrogen and oxygen atoms in total. The fourth-order valence-corrected chi connectivity index (χ4v) is 1.36. The maximum Gasteiger partial charge on any atom is 0.228 e. The van der Waals surface area contributed by atoms with E-state index in [1.54, 1.807) is 24.3 Å². The van der Waals surface area contributed by atoms with E-state index in [4.69, 9.17) is 2.74 Å². The van der Waals surface area contributed by atoms with Crippen molar-refractivity contribution in [1.82, 2.24) is 0 Å². The third-order valence-electron chi connectivity index (χ3n) is 1.97. The predicted molar refractivity (Wildman–Crippen MR) is 50.5 cm³/mol. The maximum absolute atomic E-state index is 13.4. The lowest BCUT2D eigenvalue weighted by Crippen LogP contribution is -1.94. The minimum atomic E-state index is -3.40. The number of hydrogen-bond donors (Lipinski definition) is 0. The number of alkyl halides is 1. The van der Waals surface area contributed by atoms with Crippen molar-refractivity contribution in [2.24, 2.45) is 0 Å². The number of ether oxygens (including phenoxy) is 1. The topological polar surface area (TPSA) is 9.23 Å². The van der Waals surface area contributed by atoms with Crippen molar-refractivity contribution in [2.45, 2.75) is 0 Å². The highest BCUT2D eigenvalue weighted by Gasteiger charge is 2.07. The van der Waals surface area contributed by atoms with Gasteiger partial charge in [0.1, 0.15) is 2.74 Å². The van der Waals surface area contributed by atoms with Gasteiger partial charge in [-0.1, -0.05) is 30.3 Å². The van der Waals surface area contributed by atoms with Crippen molar-refractivity contribution in [2.75, 3.05) is 6.81 Å². The van der Waals surface area contributed by atoms with Gasteiger partial charge < -0.3 is 4.74 Å². The lowest BCUT2D eigenvalue weighted by atomic mass is 10.1. The Labute approximate surface area is 82.7 Å². The highest BCUT2D eigenvalue weighted by molar-refractivity contribution is 5.88. The Hall–Kier alpha value is -1.64. The van der Waals surface area contributed by atoms with E-state index in [0.717, 1.165) is 6.07 Å². The van der Waals surface area contributed by atoms with Crippen LogP contribution < -0.4 is 4.74 Å². The first-order chi connectivity index (χ1) is 7.47. The van der Waals surface area contributed by atoms with E-state index in [2.05, 4.69) is 4.74 Å². The van der Waals surface area contributed by atoms with Crippen LogP contribution in [0.1, 0.15) is 2.74 Å². The molecule has 0 fully saturated rings. The molecular formula is C11H8F2O. The third-order valence-corrected chi connectivity index (χ3v) is 1.97. The molecule has 2 aromatic rings. The lowest BCUT2D eigenvalue weighted by Gasteiger charge is -2.06. The fraction of sp³-hybridized carbons (Fsp3) is 0.0909. The summed E-state index contributed by atoms with van der Waals surface area (Å²) in [5.74, 6) is -1.20. The number of hydrogen-bond acceptors (Lipinski definition) is 1. The van der Waals surface area contributed by atoms with E-state index < -0.39 is 18.4 Å². The van der Waals surface area contributed by atoms with Crippen LogP contribution in [0, 0.1) is 5.82 Å². The second kappa shape index (κ2) is 3.62. The molecule has 0 spiro atoms. The monoisotopic (exact) mass is 196 g/mol. The Morgan fingerprint density at radius 1 is 1.21 bits per heavy atom. The summed E-state index contributed by atoms with van der Waals surface area (Å²) in [6.07, 6.45) is 0. The van der Waals surface area contributed by atoms with Gasteiger partial charge in [-0.05, 0) is 11.5 Å². The van der Waals surface area contributed by atoms with E-state index >= 15 is 0 Å². The van der Waals surface area contributed by atoms with Crippen molar-refractivity contribution in [3.63, 3.8) is 0 Å². The molecule has 0 bridgehead atoms. The Kier molecular flexibility index (Phi) is 1.75. The average molecular weight is 196 g/mol. The molecule has 0 saturated carbocycles. The van der Waals surface area contributed by atoms with E-state index in [9.17, 15) is 8.78 Å². The first-order valence-corrected chi connectivity index (χ1v) is 4.02. The van der Waals surface area contributed by atoms with Gasteiger partial charge in [0.15, 0.2) is 11.6 Å². The number of benzene rings is 2. The molecule has 0 radical (unpaired) electrons. The Morgan fingerprint density at radius 2 is 2.00 bits per heavy atom. The summed E-state index contributed by atoms with van der Waals surface area (Å²) in [4.78, 5) is 0. The molecule has 14 heavy (non-hydrogen) atoms. The zero-order chi connectivity index (χ0) is 11.8. The number of rotatable bonds is 2. The Balaban J connectivity index is 2.62. The molecule has 0 atom stereocenters. The van der Waals surface area contributed by atoms with Gasteiger partial charge in [0.05, 0.1) is 0 Å².